The summed E-state index contributed by atoms with van der Waals surface area (Å²) in [6.45, 7) is 1.83. The van der Waals surface area contributed by atoms with Gasteiger partial charge in [0.05, 0.1) is 17.3 Å². The van der Waals surface area contributed by atoms with E-state index < -0.39 is 19.7 Å². The minimum absolute atomic E-state index is 0.00410. The molecule has 7 heteroatoms. The number of sulfone groups is 2. The number of rotatable bonds is 7. The molecule has 1 rings (SSSR count). The summed E-state index contributed by atoms with van der Waals surface area (Å²) in [5.74, 6) is 1.06. The molecule has 1 aliphatic rings. The quantitative estimate of drug-likeness (QED) is 0.667. The Balaban J connectivity index is 2.54. The molecule has 0 N–H and O–H groups in total. The molecule has 18 heavy (non-hydrogen) atoms. The molecule has 0 radical (unpaired) electrons. The van der Waals surface area contributed by atoms with Crippen molar-refractivity contribution in [2.45, 2.75) is 26.2 Å². The van der Waals surface area contributed by atoms with Crippen LogP contribution in [0.15, 0.2) is 0 Å². The molecule has 0 aliphatic carbocycles. The van der Waals surface area contributed by atoms with Gasteiger partial charge < -0.3 is 0 Å². The van der Waals surface area contributed by atoms with Gasteiger partial charge in [-0.25, -0.2) is 16.8 Å². The topological polar surface area (TPSA) is 68.3 Å². The Kier molecular flexibility index (Phi) is 5.93. The van der Waals surface area contributed by atoms with E-state index in [-0.39, 0.29) is 34.8 Å². The molecule has 0 bridgehead atoms. The van der Waals surface area contributed by atoms with Gasteiger partial charge in [0.2, 0.25) is 0 Å². The van der Waals surface area contributed by atoms with Gasteiger partial charge in [-0.2, -0.15) is 0 Å². The third-order valence-electron chi connectivity index (χ3n) is 3.45. The van der Waals surface area contributed by atoms with Crippen LogP contribution in [0, 0.1) is 11.8 Å². The van der Waals surface area contributed by atoms with Gasteiger partial charge in [0.25, 0.3) is 0 Å². The van der Waals surface area contributed by atoms with E-state index in [4.69, 9.17) is 11.6 Å². The maximum atomic E-state index is 11.6. The van der Waals surface area contributed by atoms with E-state index in [0.717, 1.165) is 0 Å². The number of hydrogen-bond donors (Lipinski definition) is 0. The Labute approximate surface area is 115 Å². The molecule has 0 aromatic heterocycles. The lowest BCUT2D eigenvalue weighted by Crippen LogP contribution is -2.22. The molecular weight excluding hydrogens is 296 g/mol. The fourth-order valence-electron chi connectivity index (χ4n) is 2.38. The molecule has 2 atom stereocenters. The van der Waals surface area contributed by atoms with Gasteiger partial charge in [0.1, 0.15) is 9.84 Å². The zero-order chi connectivity index (χ0) is 13.8. The van der Waals surface area contributed by atoms with Gasteiger partial charge in [-0.1, -0.05) is 6.92 Å². The van der Waals surface area contributed by atoms with Crippen LogP contribution in [0.1, 0.15) is 26.2 Å². The van der Waals surface area contributed by atoms with Crippen LogP contribution in [-0.4, -0.2) is 45.7 Å². The summed E-state index contributed by atoms with van der Waals surface area (Å²) in [6.07, 6.45) is 1.71. The maximum absolute atomic E-state index is 11.6. The smallest absolute Gasteiger partial charge is 0.150 e. The van der Waals surface area contributed by atoms with Crippen LogP contribution in [-0.2, 0) is 19.7 Å². The third kappa shape index (κ3) is 5.05. The van der Waals surface area contributed by atoms with E-state index in [0.29, 0.717) is 25.1 Å². The Hall–Kier alpha value is 0.190. The monoisotopic (exact) mass is 316 g/mol. The highest BCUT2D eigenvalue weighted by Gasteiger charge is 2.33. The summed E-state index contributed by atoms with van der Waals surface area (Å²) >= 11 is 5.86. The van der Waals surface area contributed by atoms with Gasteiger partial charge in [-0.15, -0.1) is 11.6 Å². The number of hydrogen-bond acceptors (Lipinski definition) is 4. The molecule has 0 aromatic carbocycles. The molecule has 108 valence electrons. The molecule has 2 unspecified atom stereocenters. The highest BCUT2D eigenvalue weighted by Crippen LogP contribution is 2.29. The van der Waals surface area contributed by atoms with E-state index in [2.05, 4.69) is 0 Å². The van der Waals surface area contributed by atoms with Crippen LogP contribution >= 0.6 is 11.6 Å². The normalized spacial score (nSPS) is 25.1. The highest BCUT2D eigenvalue weighted by molar-refractivity contribution is 7.91. The summed E-state index contributed by atoms with van der Waals surface area (Å²) in [4.78, 5) is 0. The lowest BCUT2D eigenvalue weighted by atomic mass is 9.91. The molecule has 0 spiro atoms. The second kappa shape index (κ2) is 6.57. The lowest BCUT2D eigenvalue weighted by molar-refractivity contribution is 0.389. The van der Waals surface area contributed by atoms with Crippen LogP contribution in [0.3, 0.4) is 0 Å². The Morgan fingerprint density at radius 3 is 2.44 bits per heavy atom. The van der Waals surface area contributed by atoms with Crippen LogP contribution in [0.5, 0.6) is 0 Å². The van der Waals surface area contributed by atoms with E-state index >= 15 is 0 Å². The second-order valence-corrected chi connectivity index (χ2v) is 9.86. The average molecular weight is 317 g/mol. The van der Waals surface area contributed by atoms with Gasteiger partial charge in [-0.05, 0) is 31.1 Å². The predicted octanol–water partition coefficient (Wildman–Crippen LogP) is 1.49. The van der Waals surface area contributed by atoms with Crippen LogP contribution in [0.25, 0.3) is 0 Å². The first kappa shape index (κ1) is 16.2. The molecule has 0 aromatic rings. The zero-order valence-electron chi connectivity index (χ0n) is 10.6. The molecular formula is C11H21ClO4S2. The summed E-state index contributed by atoms with van der Waals surface area (Å²) in [5.41, 5.74) is 0. The van der Waals surface area contributed by atoms with Crippen molar-refractivity contribution < 1.29 is 16.8 Å². The lowest BCUT2D eigenvalue weighted by Gasteiger charge is -2.19. The molecule has 0 saturated carbocycles. The number of halogens is 1. The summed E-state index contributed by atoms with van der Waals surface area (Å²) in [5, 5.41) is 0. The maximum Gasteiger partial charge on any atom is 0.150 e. The zero-order valence-corrected chi connectivity index (χ0v) is 13.0. The number of alkyl halides is 1. The van der Waals surface area contributed by atoms with Crippen molar-refractivity contribution in [1.29, 1.82) is 0 Å². The van der Waals surface area contributed by atoms with Crippen molar-refractivity contribution in [3.8, 4) is 0 Å². The molecule has 1 heterocycles. The fourth-order valence-corrected chi connectivity index (χ4v) is 6.19. The van der Waals surface area contributed by atoms with Gasteiger partial charge in [0, 0.05) is 11.6 Å². The SMILES string of the molecule is CCCS(=O)(=O)CCC(CCl)C1CCS(=O)(=O)C1. The summed E-state index contributed by atoms with van der Waals surface area (Å²) in [6, 6.07) is 0. The largest absolute Gasteiger partial charge is 0.229 e. The van der Waals surface area contributed by atoms with Crippen LogP contribution in [0.4, 0.5) is 0 Å². The second-order valence-electron chi connectivity index (χ2n) is 5.02. The first-order valence-corrected chi connectivity index (χ1v) is 10.4. The average Bonchev–Trinajstić information content (AvgIpc) is 2.59. The van der Waals surface area contributed by atoms with Crippen molar-refractivity contribution in [3.63, 3.8) is 0 Å². The van der Waals surface area contributed by atoms with Crippen LogP contribution in [0.2, 0.25) is 0 Å². The molecule has 1 saturated heterocycles. The van der Waals surface area contributed by atoms with Gasteiger partial charge in [0.15, 0.2) is 9.84 Å². The molecule has 4 nitrogen and oxygen atoms in total. The van der Waals surface area contributed by atoms with Gasteiger partial charge >= 0.3 is 0 Å². The Morgan fingerprint density at radius 1 is 1.33 bits per heavy atom. The first-order chi connectivity index (χ1) is 8.29. The van der Waals surface area contributed by atoms with E-state index in [9.17, 15) is 16.8 Å². The Bertz CT molecular complexity index is 455. The molecule has 1 aliphatic heterocycles. The summed E-state index contributed by atoms with van der Waals surface area (Å²) < 4.78 is 46.1. The van der Waals surface area contributed by atoms with Crippen molar-refractivity contribution in [1.82, 2.24) is 0 Å². The summed E-state index contributed by atoms with van der Waals surface area (Å²) in [7, 11) is -5.93. The standard InChI is InChI=1S/C11H21ClO4S2/c1-2-5-17(13,14)6-3-10(8-12)11-4-7-18(15,16)9-11/h10-11H,2-9H2,1H3. The Morgan fingerprint density at radius 2 is 2.00 bits per heavy atom. The van der Waals surface area contributed by atoms with Gasteiger partial charge in [-0.3, -0.25) is 0 Å². The predicted molar refractivity (Wildman–Crippen MR) is 74.5 cm³/mol. The third-order valence-corrected chi connectivity index (χ3v) is 7.53. The molecule has 0 amide bonds. The van der Waals surface area contributed by atoms with Crippen molar-refractivity contribution in [3.05, 3.63) is 0 Å². The first-order valence-electron chi connectivity index (χ1n) is 6.26. The highest BCUT2D eigenvalue weighted by atomic mass is 35.5. The minimum Gasteiger partial charge on any atom is -0.229 e. The minimum atomic E-state index is -3.00. The fraction of sp³-hybridized carbons (Fsp3) is 1.00. The van der Waals surface area contributed by atoms with E-state index in [1.807, 2.05) is 6.92 Å². The van der Waals surface area contributed by atoms with E-state index in [1.165, 1.54) is 0 Å². The van der Waals surface area contributed by atoms with Crippen LogP contribution < -0.4 is 0 Å². The van der Waals surface area contributed by atoms with Crippen molar-refractivity contribution in [2.24, 2.45) is 11.8 Å². The van der Waals surface area contributed by atoms with Crippen molar-refractivity contribution >= 4 is 31.3 Å². The van der Waals surface area contributed by atoms with E-state index in [1.54, 1.807) is 0 Å². The molecule has 1 fully saturated rings. The van der Waals surface area contributed by atoms with Crippen molar-refractivity contribution in [2.75, 3.05) is 28.9 Å².